The summed E-state index contributed by atoms with van der Waals surface area (Å²) in [4.78, 5) is 13.1. The van der Waals surface area contributed by atoms with Crippen molar-refractivity contribution < 1.29 is 23.8 Å². The van der Waals surface area contributed by atoms with Gasteiger partial charge in [-0.1, -0.05) is 36.4 Å². The Morgan fingerprint density at radius 2 is 1.50 bits per heavy atom. The second kappa shape index (κ2) is 10.5. The van der Waals surface area contributed by atoms with Crippen LogP contribution in [-0.4, -0.2) is 30.4 Å². The molecule has 3 aromatic carbocycles. The average Bonchev–Trinajstić information content (AvgIpc) is 2.80. The summed E-state index contributed by atoms with van der Waals surface area (Å²) in [7, 11) is 0. The first kappa shape index (κ1) is 23.0. The van der Waals surface area contributed by atoms with Gasteiger partial charge in [0.25, 0.3) is 5.91 Å². The molecule has 0 bridgehead atoms. The summed E-state index contributed by atoms with van der Waals surface area (Å²) in [6, 6.07) is 19.0. The van der Waals surface area contributed by atoms with Crippen molar-refractivity contribution in [2.24, 2.45) is 5.10 Å². The van der Waals surface area contributed by atoms with Crippen LogP contribution >= 0.6 is 0 Å². The largest absolute Gasteiger partial charge is 0.494 e. The van der Waals surface area contributed by atoms with Crippen LogP contribution < -0.4 is 14.9 Å². The molecule has 3 rings (SSSR count). The molecule has 7 heteroatoms. The zero-order valence-electron chi connectivity index (χ0n) is 17.9. The number of halogens is 1. The molecule has 1 amide bonds. The number of carbonyl (C=O) groups is 1. The van der Waals surface area contributed by atoms with Crippen molar-refractivity contribution in [3.05, 3.63) is 95.3 Å². The molecule has 166 valence electrons. The van der Waals surface area contributed by atoms with E-state index in [9.17, 15) is 14.3 Å². The maximum atomic E-state index is 13.4. The van der Waals surface area contributed by atoms with Gasteiger partial charge < -0.3 is 14.6 Å². The molecule has 0 spiro atoms. The van der Waals surface area contributed by atoms with E-state index in [-0.39, 0.29) is 0 Å². The van der Waals surface area contributed by atoms with Crippen molar-refractivity contribution in [3.8, 4) is 11.5 Å². The minimum absolute atomic E-state index is 0.337. The first-order valence-electron chi connectivity index (χ1n) is 10.3. The van der Waals surface area contributed by atoms with Crippen LogP contribution in [0, 0.1) is 5.82 Å². The Labute approximate surface area is 186 Å². The highest BCUT2D eigenvalue weighted by Crippen LogP contribution is 2.32. The molecule has 0 saturated heterocycles. The number of ether oxygens (including phenoxy) is 2. The van der Waals surface area contributed by atoms with Crippen LogP contribution in [0.3, 0.4) is 0 Å². The number of amides is 1. The highest BCUT2D eigenvalue weighted by molar-refractivity contribution is 5.91. The molecule has 0 unspecified atom stereocenters. The SMILES string of the molecule is CCOc1ccc(C(O)(C(=O)N/N=C\c2cccc(F)c2)c2ccc(OCC)cc2)cc1. The Kier molecular flexibility index (Phi) is 7.57. The molecule has 0 aromatic heterocycles. The minimum atomic E-state index is -2.03. The third kappa shape index (κ3) is 5.31. The van der Waals surface area contributed by atoms with Crippen molar-refractivity contribution >= 4 is 12.1 Å². The van der Waals surface area contributed by atoms with Crippen LogP contribution in [0.5, 0.6) is 11.5 Å². The number of carbonyl (C=O) groups excluding carboxylic acids is 1. The Morgan fingerprint density at radius 3 is 1.97 bits per heavy atom. The van der Waals surface area contributed by atoms with Gasteiger partial charge in [-0.15, -0.1) is 0 Å². The zero-order chi connectivity index (χ0) is 23.0. The molecule has 0 fully saturated rings. The lowest BCUT2D eigenvalue weighted by Crippen LogP contribution is -2.43. The van der Waals surface area contributed by atoms with Crippen molar-refractivity contribution in [3.63, 3.8) is 0 Å². The predicted molar refractivity (Wildman–Crippen MR) is 120 cm³/mol. The van der Waals surface area contributed by atoms with E-state index in [4.69, 9.17) is 9.47 Å². The molecular formula is C25H25FN2O4. The number of hydrogen-bond donors (Lipinski definition) is 2. The minimum Gasteiger partial charge on any atom is -0.494 e. The molecule has 6 nitrogen and oxygen atoms in total. The van der Waals surface area contributed by atoms with Gasteiger partial charge in [-0.2, -0.15) is 5.10 Å². The van der Waals surface area contributed by atoms with E-state index >= 15 is 0 Å². The van der Waals surface area contributed by atoms with Gasteiger partial charge in [0.15, 0.2) is 5.60 Å². The Bertz CT molecular complexity index is 1020. The van der Waals surface area contributed by atoms with E-state index in [0.29, 0.717) is 41.4 Å². The normalized spacial score (nSPS) is 11.4. The van der Waals surface area contributed by atoms with Crippen molar-refractivity contribution in [1.82, 2.24) is 5.43 Å². The van der Waals surface area contributed by atoms with Crippen LogP contribution in [0.25, 0.3) is 0 Å². The van der Waals surface area contributed by atoms with Crippen molar-refractivity contribution in [2.75, 3.05) is 13.2 Å². The summed E-state index contributed by atoms with van der Waals surface area (Å²) in [5.74, 6) is 0.0590. The Morgan fingerprint density at radius 1 is 0.969 bits per heavy atom. The smallest absolute Gasteiger partial charge is 0.281 e. The summed E-state index contributed by atoms with van der Waals surface area (Å²) in [5.41, 5.74) is 1.47. The van der Waals surface area contributed by atoms with E-state index in [0.717, 1.165) is 0 Å². The molecule has 3 aromatic rings. The molecule has 32 heavy (non-hydrogen) atoms. The molecule has 2 N–H and O–H groups in total. The van der Waals surface area contributed by atoms with E-state index in [1.54, 1.807) is 54.6 Å². The van der Waals surface area contributed by atoms with Gasteiger partial charge in [-0.3, -0.25) is 4.79 Å². The number of nitrogens with zero attached hydrogens (tertiary/aromatic N) is 1. The zero-order valence-corrected chi connectivity index (χ0v) is 17.9. The van der Waals surface area contributed by atoms with Gasteiger partial charge >= 0.3 is 0 Å². The van der Waals surface area contributed by atoms with E-state index < -0.39 is 17.3 Å². The van der Waals surface area contributed by atoms with Gasteiger partial charge in [0, 0.05) is 0 Å². The summed E-state index contributed by atoms with van der Waals surface area (Å²) >= 11 is 0. The Balaban J connectivity index is 1.92. The molecular weight excluding hydrogens is 411 g/mol. The van der Waals surface area contributed by atoms with Crippen LogP contribution in [0.4, 0.5) is 4.39 Å². The third-order valence-corrected chi connectivity index (χ3v) is 4.72. The molecule has 0 atom stereocenters. The lowest BCUT2D eigenvalue weighted by atomic mass is 9.85. The topological polar surface area (TPSA) is 80.2 Å². The van der Waals surface area contributed by atoms with Crippen LogP contribution in [-0.2, 0) is 10.4 Å². The van der Waals surface area contributed by atoms with E-state index in [1.807, 2.05) is 13.8 Å². The van der Waals surface area contributed by atoms with Gasteiger partial charge in [0.2, 0.25) is 0 Å². The lowest BCUT2D eigenvalue weighted by Gasteiger charge is -2.27. The fraction of sp³-hybridized carbons (Fsp3) is 0.200. The molecule has 0 aliphatic carbocycles. The lowest BCUT2D eigenvalue weighted by molar-refractivity contribution is -0.136. The summed E-state index contributed by atoms with van der Waals surface area (Å²) < 4.78 is 24.3. The van der Waals surface area contributed by atoms with Crippen LogP contribution in [0.2, 0.25) is 0 Å². The van der Waals surface area contributed by atoms with Gasteiger partial charge in [-0.05, 0) is 66.9 Å². The fourth-order valence-corrected chi connectivity index (χ4v) is 3.18. The van der Waals surface area contributed by atoms with E-state index in [1.165, 1.54) is 24.4 Å². The Hall–Kier alpha value is -3.71. The summed E-state index contributed by atoms with van der Waals surface area (Å²) in [6.45, 7) is 4.73. The number of hydrazone groups is 1. The maximum Gasteiger partial charge on any atom is 0.281 e. The monoisotopic (exact) mass is 436 g/mol. The van der Waals surface area contributed by atoms with Crippen LogP contribution in [0.15, 0.2) is 77.9 Å². The van der Waals surface area contributed by atoms with Gasteiger partial charge in [0.1, 0.15) is 17.3 Å². The number of nitrogens with one attached hydrogen (secondary N) is 1. The number of aliphatic hydroxyl groups is 1. The number of rotatable bonds is 9. The molecule has 0 aliphatic rings. The number of hydrogen-bond acceptors (Lipinski definition) is 5. The summed E-state index contributed by atoms with van der Waals surface area (Å²) in [6.07, 6.45) is 1.30. The third-order valence-electron chi connectivity index (χ3n) is 4.72. The molecule has 0 aliphatic heterocycles. The first-order valence-corrected chi connectivity index (χ1v) is 10.3. The highest BCUT2D eigenvalue weighted by atomic mass is 19.1. The molecule has 0 radical (unpaired) electrons. The standard InChI is InChI=1S/C25H25FN2O4/c1-3-31-22-12-8-19(9-13-22)25(30,20-10-14-23(15-11-20)32-4-2)24(29)28-27-17-18-6-5-7-21(26)16-18/h5-17,30H,3-4H2,1-2H3,(H,28,29)/b27-17-. The first-order chi connectivity index (χ1) is 15.5. The van der Waals surface area contributed by atoms with Crippen LogP contribution in [0.1, 0.15) is 30.5 Å². The second-order valence-corrected chi connectivity index (χ2v) is 6.88. The molecule has 0 saturated carbocycles. The number of benzene rings is 3. The maximum absolute atomic E-state index is 13.4. The second-order valence-electron chi connectivity index (χ2n) is 6.88. The van der Waals surface area contributed by atoms with Gasteiger partial charge in [0.05, 0.1) is 19.4 Å². The summed E-state index contributed by atoms with van der Waals surface area (Å²) in [5, 5.41) is 15.5. The van der Waals surface area contributed by atoms with Gasteiger partial charge in [-0.25, -0.2) is 9.82 Å². The fourth-order valence-electron chi connectivity index (χ4n) is 3.18. The molecule has 0 heterocycles. The average molecular weight is 436 g/mol. The highest BCUT2D eigenvalue weighted by Gasteiger charge is 2.40. The quantitative estimate of drug-likeness (QED) is 0.392. The predicted octanol–water partition coefficient (Wildman–Crippen LogP) is 4.01. The van der Waals surface area contributed by atoms with Crippen molar-refractivity contribution in [1.29, 1.82) is 0 Å². The van der Waals surface area contributed by atoms with Crippen molar-refractivity contribution in [2.45, 2.75) is 19.4 Å². The van der Waals surface area contributed by atoms with E-state index in [2.05, 4.69) is 10.5 Å².